The number of nitrogens with zero attached hydrogens (tertiary/aromatic N) is 1. The lowest BCUT2D eigenvalue weighted by molar-refractivity contribution is 0.352. The molecule has 2 atom stereocenters. The summed E-state index contributed by atoms with van der Waals surface area (Å²) in [6.45, 7) is 2.50. The van der Waals surface area contributed by atoms with Crippen LogP contribution >= 0.6 is 0 Å². The zero-order chi connectivity index (χ0) is 34.0. The standard InChI is InChI=1S/C50H37N/c1-49-44-26-13-14-27-45(44)50(42-24-11-8-22-40(42)41-23-9-12-25-43(41)50)47(49)29-16-30-48(49)51(38-33-31-36(32-34-38)35-17-4-2-5-18-35)46-28-15-10-21-39(46)37-19-6-3-7-20-37/h2-34,47H,1H3. The zero-order valence-corrected chi connectivity index (χ0v) is 28.6. The van der Waals surface area contributed by atoms with Gasteiger partial charge in [0.05, 0.1) is 11.1 Å². The highest BCUT2D eigenvalue weighted by molar-refractivity contribution is 5.89. The van der Waals surface area contributed by atoms with Gasteiger partial charge in [0.2, 0.25) is 0 Å². The van der Waals surface area contributed by atoms with Gasteiger partial charge in [-0.25, -0.2) is 0 Å². The van der Waals surface area contributed by atoms with Crippen molar-refractivity contribution >= 4 is 11.4 Å². The van der Waals surface area contributed by atoms with Crippen molar-refractivity contribution in [1.29, 1.82) is 0 Å². The molecule has 0 radical (unpaired) electrons. The lowest BCUT2D eigenvalue weighted by Crippen LogP contribution is -2.44. The van der Waals surface area contributed by atoms with Gasteiger partial charge in [-0.05, 0) is 81.3 Å². The van der Waals surface area contributed by atoms with E-state index >= 15 is 0 Å². The van der Waals surface area contributed by atoms with Crippen molar-refractivity contribution in [1.82, 2.24) is 0 Å². The van der Waals surface area contributed by atoms with Crippen molar-refractivity contribution < 1.29 is 0 Å². The number of allylic oxidation sites excluding steroid dienone is 4. The Hall–Kier alpha value is -6.18. The van der Waals surface area contributed by atoms with E-state index < -0.39 is 0 Å². The largest absolute Gasteiger partial charge is 0.313 e. The summed E-state index contributed by atoms with van der Waals surface area (Å²) in [5, 5.41) is 0. The number of anilines is 2. The molecular formula is C50H37N. The van der Waals surface area contributed by atoms with E-state index in [1.807, 2.05) is 0 Å². The van der Waals surface area contributed by atoms with Crippen LogP contribution in [0.5, 0.6) is 0 Å². The second-order valence-electron chi connectivity index (χ2n) is 14.2. The molecule has 2 unspecified atom stereocenters. The topological polar surface area (TPSA) is 3.24 Å². The highest BCUT2D eigenvalue weighted by Crippen LogP contribution is 2.69. The molecule has 1 spiro atoms. The van der Waals surface area contributed by atoms with Crippen LogP contribution in [0.2, 0.25) is 0 Å². The second kappa shape index (κ2) is 11.4. The molecule has 0 saturated carbocycles. The Kier molecular flexibility index (Phi) is 6.66. The van der Waals surface area contributed by atoms with Gasteiger partial charge in [0.1, 0.15) is 0 Å². The molecule has 0 amide bonds. The van der Waals surface area contributed by atoms with Gasteiger partial charge >= 0.3 is 0 Å². The summed E-state index contributed by atoms with van der Waals surface area (Å²) in [5.41, 5.74) is 16.0. The zero-order valence-electron chi connectivity index (χ0n) is 28.6. The molecule has 0 aromatic heterocycles. The first-order chi connectivity index (χ1) is 25.2. The highest BCUT2D eigenvalue weighted by atomic mass is 15.2. The number of hydrogen-bond acceptors (Lipinski definition) is 1. The summed E-state index contributed by atoms with van der Waals surface area (Å²) in [7, 11) is 0. The van der Waals surface area contributed by atoms with Crippen LogP contribution in [0.1, 0.15) is 29.2 Å². The molecule has 0 saturated heterocycles. The van der Waals surface area contributed by atoms with E-state index in [1.54, 1.807) is 0 Å². The smallest absolute Gasteiger partial charge is 0.0541 e. The molecule has 7 aromatic rings. The molecule has 242 valence electrons. The molecule has 0 N–H and O–H groups in total. The summed E-state index contributed by atoms with van der Waals surface area (Å²) >= 11 is 0. The second-order valence-corrected chi connectivity index (χ2v) is 14.2. The molecule has 1 heteroatoms. The fraction of sp³-hybridized carbons (Fsp3) is 0.0800. The monoisotopic (exact) mass is 651 g/mol. The van der Waals surface area contributed by atoms with Crippen molar-refractivity contribution in [3.8, 4) is 33.4 Å². The predicted octanol–water partition coefficient (Wildman–Crippen LogP) is 12.5. The Bertz CT molecular complexity index is 2440. The minimum Gasteiger partial charge on any atom is -0.313 e. The molecule has 3 aliphatic rings. The van der Waals surface area contributed by atoms with Crippen LogP contribution in [-0.2, 0) is 10.8 Å². The average molecular weight is 652 g/mol. The Morgan fingerprint density at radius 1 is 0.431 bits per heavy atom. The van der Waals surface area contributed by atoms with Crippen LogP contribution in [0.25, 0.3) is 33.4 Å². The van der Waals surface area contributed by atoms with Gasteiger partial charge in [0, 0.05) is 28.3 Å². The summed E-state index contributed by atoms with van der Waals surface area (Å²) in [6, 6.07) is 67.1. The van der Waals surface area contributed by atoms with E-state index in [0.29, 0.717) is 0 Å². The van der Waals surface area contributed by atoms with E-state index in [0.717, 1.165) is 5.69 Å². The molecule has 7 aromatic carbocycles. The number of rotatable bonds is 5. The molecular weight excluding hydrogens is 615 g/mol. The van der Waals surface area contributed by atoms with E-state index in [9.17, 15) is 0 Å². The first kappa shape index (κ1) is 29.7. The number of fused-ring (bicyclic) bond motifs is 10. The third-order valence-electron chi connectivity index (χ3n) is 11.8. The summed E-state index contributed by atoms with van der Waals surface area (Å²) < 4.78 is 0. The van der Waals surface area contributed by atoms with Crippen molar-refractivity contribution in [3.63, 3.8) is 0 Å². The Morgan fingerprint density at radius 3 is 1.57 bits per heavy atom. The maximum atomic E-state index is 2.55. The number of hydrogen-bond donors (Lipinski definition) is 0. The van der Waals surface area contributed by atoms with Crippen molar-refractivity contribution in [3.05, 3.63) is 228 Å². The Morgan fingerprint density at radius 2 is 0.922 bits per heavy atom. The fourth-order valence-electron chi connectivity index (χ4n) is 9.69. The van der Waals surface area contributed by atoms with Crippen molar-refractivity contribution in [2.75, 3.05) is 4.90 Å². The number of para-hydroxylation sites is 1. The van der Waals surface area contributed by atoms with Gasteiger partial charge in [-0.1, -0.05) is 176 Å². The number of benzene rings is 7. The van der Waals surface area contributed by atoms with Gasteiger partial charge in [-0.3, -0.25) is 0 Å². The Balaban J connectivity index is 1.23. The van der Waals surface area contributed by atoms with Gasteiger partial charge < -0.3 is 4.90 Å². The van der Waals surface area contributed by atoms with E-state index in [4.69, 9.17) is 0 Å². The summed E-state index contributed by atoms with van der Waals surface area (Å²) in [5.74, 6) is 0.141. The van der Waals surface area contributed by atoms with Crippen LogP contribution in [0.15, 0.2) is 206 Å². The quantitative estimate of drug-likeness (QED) is 0.179. The molecule has 0 fully saturated rings. The van der Waals surface area contributed by atoms with Crippen LogP contribution in [0.4, 0.5) is 11.4 Å². The predicted molar refractivity (Wildman–Crippen MR) is 212 cm³/mol. The van der Waals surface area contributed by atoms with E-state index in [2.05, 4.69) is 212 Å². The first-order valence-electron chi connectivity index (χ1n) is 18.0. The maximum Gasteiger partial charge on any atom is 0.0541 e. The third kappa shape index (κ3) is 4.15. The SMILES string of the molecule is CC12C(N(c3ccc(-c4ccccc4)cc3)c3ccccc3-c3ccccc3)=CC=CC1C1(c3ccccc3-c3ccccc31)c1ccccc12. The summed E-state index contributed by atoms with van der Waals surface area (Å²) in [4.78, 5) is 2.55. The fourth-order valence-corrected chi connectivity index (χ4v) is 9.69. The van der Waals surface area contributed by atoms with Crippen LogP contribution < -0.4 is 4.90 Å². The Labute approximate surface area is 300 Å². The first-order valence-corrected chi connectivity index (χ1v) is 18.0. The maximum absolute atomic E-state index is 2.55. The van der Waals surface area contributed by atoms with Crippen LogP contribution in [0, 0.1) is 5.92 Å². The molecule has 51 heavy (non-hydrogen) atoms. The van der Waals surface area contributed by atoms with Gasteiger partial charge in [-0.2, -0.15) is 0 Å². The van der Waals surface area contributed by atoms with Crippen LogP contribution in [0.3, 0.4) is 0 Å². The van der Waals surface area contributed by atoms with Crippen molar-refractivity contribution in [2.45, 2.75) is 17.8 Å². The lowest BCUT2D eigenvalue weighted by Gasteiger charge is -2.46. The average Bonchev–Trinajstić information content (AvgIpc) is 3.63. The molecule has 3 aliphatic carbocycles. The van der Waals surface area contributed by atoms with Gasteiger partial charge in [-0.15, -0.1) is 0 Å². The normalized spacial score (nSPS) is 18.8. The lowest BCUT2D eigenvalue weighted by atomic mass is 9.60. The molecule has 1 nitrogen and oxygen atoms in total. The molecule has 10 rings (SSSR count). The third-order valence-corrected chi connectivity index (χ3v) is 11.8. The molecule has 0 aliphatic heterocycles. The molecule has 0 bridgehead atoms. The van der Waals surface area contributed by atoms with Crippen molar-refractivity contribution in [2.24, 2.45) is 5.92 Å². The minimum atomic E-state index is -0.363. The van der Waals surface area contributed by atoms with Gasteiger partial charge in [0.15, 0.2) is 0 Å². The highest BCUT2D eigenvalue weighted by Gasteiger charge is 2.63. The van der Waals surface area contributed by atoms with Crippen LogP contribution in [-0.4, -0.2) is 0 Å². The summed E-state index contributed by atoms with van der Waals surface area (Å²) in [6.07, 6.45) is 7.21. The van der Waals surface area contributed by atoms with E-state index in [-0.39, 0.29) is 16.7 Å². The van der Waals surface area contributed by atoms with E-state index in [1.165, 1.54) is 67.0 Å². The van der Waals surface area contributed by atoms with Gasteiger partial charge in [0.25, 0.3) is 0 Å². The minimum absolute atomic E-state index is 0.141. The molecule has 0 heterocycles.